The fourth-order valence-corrected chi connectivity index (χ4v) is 0.878. The van der Waals surface area contributed by atoms with E-state index in [0.29, 0.717) is 0 Å². The fourth-order valence-electron chi connectivity index (χ4n) is 0.878. The van der Waals surface area contributed by atoms with Gasteiger partial charge >= 0.3 is 18.0 Å². The molecule has 2 amide bonds. The van der Waals surface area contributed by atoms with Crippen molar-refractivity contribution in [3.05, 3.63) is 0 Å². The molecule has 70 valence electrons. The second-order valence-electron chi connectivity index (χ2n) is 2.41. The van der Waals surface area contributed by atoms with Crippen LogP contribution in [0.2, 0.25) is 0 Å². The van der Waals surface area contributed by atoms with Gasteiger partial charge in [-0.25, -0.2) is 14.4 Å². The highest BCUT2D eigenvalue weighted by molar-refractivity contribution is 6.38. The number of nitrogens with zero attached hydrogens (tertiary/aromatic N) is 1. The molecule has 1 rings (SSSR count). The maximum atomic E-state index is 10.7. The van der Waals surface area contributed by atoms with Crippen molar-refractivity contribution in [3.8, 4) is 0 Å². The Morgan fingerprint density at radius 2 is 2.08 bits per heavy atom. The van der Waals surface area contributed by atoms with Gasteiger partial charge in [0, 0.05) is 6.42 Å². The highest BCUT2D eigenvalue weighted by atomic mass is 16.4. The second kappa shape index (κ2) is 3.21. The number of carbonyl (C=O) groups is 3. The predicted octanol–water partition coefficient (Wildman–Crippen LogP) is -0.921. The van der Waals surface area contributed by atoms with Crippen molar-refractivity contribution in [2.45, 2.75) is 12.5 Å². The van der Waals surface area contributed by atoms with E-state index in [1.165, 1.54) is 0 Å². The quantitative estimate of drug-likeness (QED) is 0.515. The number of carboxylic acids is 2. The maximum Gasteiger partial charge on any atom is 0.350 e. The van der Waals surface area contributed by atoms with Crippen LogP contribution in [-0.2, 0) is 9.59 Å². The number of hydrogen-bond donors (Lipinski definition) is 3. The molecule has 0 saturated heterocycles. The van der Waals surface area contributed by atoms with E-state index < -0.39 is 29.7 Å². The smallest absolute Gasteiger partial charge is 0.350 e. The first kappa shape index (κ1) is 9.17. The Labute approximate surface area is 72.1 Å². The summed E-state index contributed by atoms with van der Waals surface area (Å²) in [6, 6.07) is -2.13. The summed E-state index contributed by atoms with van der Waals surface area (Å²) in [5, 5.41) is 19.0. The van der Waals surface area contributed by atoms with E-state index in [1.807, 2.05) is 5.32 Å². The van der Waals surface area contributed by atoms with Crippen LogP contribution in [0.1, 0.15) is 6.42 Å². The monoisotopic (exact) mass is 186 g/mol. The van der Waals surface area contributed by atoms with E-state index >= 15 is 0 Å². The molecule has 0 spiro atoms. The Bertz CT molecular complexity index is 308. The molecule has 0 aliphatic carbocycles. The minimum Gasteiger partial charge on any atom is -0.480 e. The molecule has 3 N–H and O–H groups in total. The fraction of sp³-hybridized carbons (Fsp3) is 0.333. The second-order valence-corrected chi connectivity index (χ2v) is 2.41. The zero-order valence-corrected chi connectivity index (χ0v) is 6.35. The van der Waals surface area contributed by atoms with Crippen molar-refractivity contribution >= 4 is 23.7 Å². The molecule has 0 radical (unpaired) electrons. The van der Waals surface area contributed by atoms with Crippen LogP contribution in [-0.4, -0.2) is 39.9 Å². The third-order valence-corrected chi connectivity index (χ3v) is 1.48. The zero-order chi connectivity index (χ0) is 10.0. The minimum atomic E-state index is -1.37. The molecule has 0 aromatic heterocycles. The average molecular weight is 186 g/mol. The number of carbonyl (C=O) groups excluding carboxylic acids is 1. The summed E-state index contributed by atoms with van der Waals surface area (Å²) < 4.78 is 0. The normalized spacial score (nSPS) is 21.7. The van der Waals surface area contributed by atoms with E-state index in [1.54, 1.807) is 0 Å². The van der Waals surface area contributed by atoms with Crippen molar-refractivity contribution in [2.24, 2.45) is 4.99 Å². The molecule has 7 heteroatoms. The third kappa shape index (κ3) is 2.01. The molecule has 0 aromatic carbocycles. The maximum absolute atomic E-state index is 10.7. The van der Waals surface area contributed by atoms with Crippen LogP contribution in [0.25, 0.3) is 0 Å². The van der Waals surface area contributed by atoms with Gasteiger partial charge in [-0.2, -0.15) is 4.99 Å². The van der Waals surface area contributed by atoms with Crippen molar-refractivity contribution in [1.82, 2.24) is 5.32 Å². The first-order chi connectivity index (χ1) is 6.00. The minimum absolute atomic E-state index is 0.295. The number of nitrogens with one attached hydrogen (secondary N) is 1. The van der Waals surface area contributed by atoms with Gasteiger partial charge in [0.05, 0.1) is 0 Å². The Morgan fingerprint density at radius 3 is 2.54 bits per heavy atom. The van der Waals surface area contributed by atoms with E-state index in [-0.39, 0.29) is 6.42 Å². The molecular formula is C6H6N2O5. The van der Waals surface area contributed by atoms with Crippen LogP contribution in [0.5, 0.6) is 0 Å². The van der Waals surface area contributed by atoms with Gasteiger partial charge in [-0.15, -0.1) is 0 Å². The van der Waals surface area contributed by atoms with Crippen LogP contribution < -0.4 is 5.32 Å². The summed E-state index contributed by atoms with van der Waals surface area (Å²) in [6.45, 7) is 0. The van der Waals surface area contributed by atoms with Gasteiger partial charge in [-0.1, -0.05) is 0 Å². The highest BCUT2D eigenvalue weighted by Crippen LogP contribution is 2.03. The number of rotatable bonds is 2. The molecule has 0 saturated carbocycles. The SMILES string of the molecule is O=C1N=C(C(=O)O)C[C@H](C(=O)O)N1. The molecule has 1 heterocycles. The standard InChI is InChI=1S/C6H6N2O5/c9-4(10)2-1-3(5(11)12)8-6(13)7-2/h2H,1H2,(H,7,13)(H,9,10)(H,11,12)/t2-/m1/s1. The van der Waals surface area contributed by atoms with E-state index in [4.69, 9.17) is 10.2 Å². The van der Waals surface area contributed by atoms with Gasteiger partial charge in [-0.05, 0) is 0 Å². The third-order valence-electron chi connectivity index (χ3n) is 1.48. The first-order valence-corrected chi connectivity index (χ1v) is 3.35. The summed E-state index contributed by atoms with van der Waals surface area (Å²) in [5.74, 6) is -2.65. The average Bonchev–Trinajstić information content (AvgIpc) is 2.03. The number of amides is 2. The topological polar surface area (TPSA) is 116 Å². The predicted molar refractivity (Wildman–Crippen MR) is 39.6 cm³/mol. The summed E-state index contributed by atoms with van der Waals surface area (Å²) in [7, 11) is 0. The lowest BCUT2D eigenvalue weighted by Gasteiger charge is -2.16. The van der Waals surface area contributed by atoms with Gasteiger partial charge in [-0.3, -0.25) is 0 Å². The Hall–Kier alpha value is -1.92. The number of aliphatic carboxylic acids is 2. The van der Waals surface area contributed by atoms with Gasteiger partial charge in [0.1, 0.15) is 11.8 Å². The van der Waals surface area contributed by atoms with Crippen molar-refractivity contribution < 1.29 is 24.6 Å². The van der Waals surface area contributed by atoms with Crippen LogP contribution in [0.3, 0.4) is 0 Å². The number of hydrogen-bond acceptors (Lipinski definition) is 3. The Balaban J connectivity index is 2.85. The molecule has 0 fully saturated rings. The van der Waals surface area contributed by atoms with Gasteiger partial charge in [0.15, 0.2) is 0 Å². The Morgan fingerprint density at radius 1 is 1.46 bits per heavy atom. The van der Waals surface area contributed by atoms with Crippen LogP contribution in [0, 0.1) is 0 Å². The van der Waals surface area contributed by atoms with E-state index in [9.17, 15) is 14.4 Å². The molecule has 13 heavy (non-hydrogen) atoms. The lowest BCUT2D eigenvalue weighted by Crippen LogP contribution is -2.46. The van der Waals surface area contributed by atoms with E-state index in [0.717, 1.165) is 0 Å². The van der Waals surface area contributed by atoms with Crippen molar-refractivity contribution in [1.29, 1.82) is 0 Å². The first-order valence-electron chi connectivity index (χ1n) is 3.35. The Kier molecular flexibility index (Phi) is 2.27. The van der Waals surface area contributed by atoms with Crippen LogP contribution >= 0.6 is 0 Å². The highest BCUT2D eigenvalue weighted by Gasteiger charge is 2.29. The molecule has 1 atom stereocenters. The van der Waals surface area contributed by atoms with Gasteiger partial charge in [0.25, 0.3) is 0 Å². The lowest BCUT2D eigenvalue weighted by atomic mass is 10.1. The summed E-state index contributed by atoms with van der Waals surface area (Å²) in [4.78, 5) is 34.6. The van der Waals surface area contributed by atoms with Crippen molar-refractivity contribution in [3.63, 3.8) is 0 Å². The largest absolute Gasteiger partial charge is 0.480 e. The summed E-state index contributed by atoms with van der Waals surface area (Å²) in [5.41, 5.74) is -0.434. The number of urea groups is 1. The number of aliphatic imine (C=N–C) groups is 1. The lowest BCUT2D eigenvalue weighted by molar-refractivity contribution is -0.139. The number of carboxylic acid groups (broad SMARTS) is 2. The molecular weight excluding hydrogens is 180 g/mol. The van der Waals surface area contributed by atoms with Crippen LogP contribution in [0.15, 0.2) is 4.99 Å². The summed E-state index contributed by atoms with van der Waals surface area (Å²) >= 11 is 0. The molecule has 1 aliphatic rings. The van der Waals surface area contributed by atoms with Crippen molar-refractivity contribution in [2.75, 3.05) is 0 Å². The van der Waals surface area contributed by atoms with Gasteiger partial charge < -0.3 is 15.5 Å². The van der Waals surface area contributed by atoms with Gasteiger partial charge in [0.2, 0.25) is 0 Å². The molecule has 0 aromatic rings. The molecule has 0 bridgehead atoms. The van der Waals surface area contributed by atoms with E-state index in [2.05, 4.69) is 4.99 Å². The zero-order valence-electron chi connectivity index (χ0n) is 6.35. The summed E-state index contributed by atoms with van der Waals surface area (Å²) in [6.07, 6.45) is -0.295. The molecule has 0 unspecified atom stereocenters. The molecule has 1 aliphatic heterocycles. The van der Waals surface area contributed by atoms with Crippen LogP contribution in [0.4, 0.5) is 4.79 Å². The molecule has 7 nitrogen and oxygen atoms in total.